The van der Waals surface area contributed by atoms with Gasteiger partial charge >= 0.3 is 12.1 Å². The second-order valence-corrected chi connectivity index (χ2v) is 5.61. The molecule has 1 aliphatic rings. The van der Waals surface area contributed by atoms with Crippen molar-refractivity contribution in [2.75, 3.05) is 13.1 Å². The van der Waals surface area contributed by atoms with Crippen LogP contribution in [0.2, 0.25) is 0 Å². The summed E-state index contributed by atoms with van der Waals surface area (Å²) in [5, 5.41) is 9.85. The van der Waals surface area contributed by atoms with Gasteiger partial charge in [-0.1, -0.05) is 0 Å². The Labute approximate surface area is 122 Å². The van der Waals surface area contributed by atoms with Crippen LogP contribution in [0.5, 0.6) is 5.75 Å². The van der Waals surface area contributed by atoms with Crippen molar-refractivity contribution in [3.8, 4) is 5.75 Å². The Kier molecular flexibility index (Phi) is 4.00. The van der Waals surface area contributed by atoms with Crippen LogP contribution in [-0.2, 0) is 17.6 Å². The maximum Gasteiger partial charge on any atom is 0.471 e. The maximum atomic E-state index is 12.5. The second kappa shape index (κ2) is 5.27. The molecule has 0 saturated carbocycles. The number of hydrogen-bond donors (Lipinski definition) is 1. The van der Waals surface area contributed by atoms with Crippen LogP contribution in [0.25, 0.3) is 0 Å². The molecule has 1 N–H and O–H groups in total. The maximum absolute atomic E-state index is 12.5. The van der Waals surface area contributed by atoms with Gasteiger partial charge in [0.25, 0.3) is 0 Å². The summed E-state index contributed by atoms with van der Waals surface area (Å²) in [7, 11) is 0. The van der Waals surface area contributed by atoms with Crippen molar-refractivity contribution < 1.29 is 23.1 Å². The Morgan fingerprint density at radius 2 is 1.95 bits per heavy atom. The number of carbonyl (C=O) groups excluding carboxylic acids is 1. The summed E-state index contributed by atoms with van der Waals surface area (Å²) in [5.74, 6) is -1.70. The molecule has 1 aliphatic heterocycles. The van der Waals surface area contributed by atoms with Crippen LogP contribution in [0.3, 0.4) is 0 Å². The van der Waals surface area contributed by atoms with E-state index >= 15 is 0 Å². The van der Waals surface area contributed by atoms with Gasteiger partial charge in [0.05, 0.1) is 4.47 Å². The fourth-order valence-electron chi connectivity index (χ4n) is 2.44. The molecule has 0 atom stereocenters. The molecule has 1 heterocycles. The summed E-state index contributed by atoms with van der Waals surface area (Å²) in [6, 6.07) is 1.71. The number of amides is 1. The smallest absolute Gasteiger partial charge is 0.471 e. The van der Waals surface area contributed by atoms with Gasteiger partial charge in [-0.05, 0) is 58.5 Å². The third kappa shape index (κ3) is 2.77. The first kappa shape index (κ1) is 15.2. The Morgan fingerprint density at radius 1 is 1.35 bits per heavy atom. The first-order valence-electron chi connectivity index (χ1n) is 6.07. The SMILES string of the molecule is Cc1c(O)c(Br)cc2c1CCN(C(=O)C(F)(F)F)CC2. The van der Waals surface area contributed by atoms with Crippen molar-refractivity contribution in [3.05, 3.63) is 27.2 Å². The van der Waals surface area contributed by atoms with Crippen molar-refractivity contribution in [3.63, 3.8) is 0 Å². The zero-order valence-corrected chi connectivity index (χ0v) is 12.3. The van der Waals surface area contributed by atoms with Gasteiger partial charge in [0.2, 0.25) is 0 Å². The molecule has 110 valence electrons. The molecule has 0 unspecified atom stereocenters. The Morgan fingerprint density at radius 3 is 2.55 bits per heavy atom. The minimum absolute atomic E-state index is 0.00720. The molecule has 0 spiro atoms. The topological polar surface area (TPSA) is 40.5 Å². The van der Waals surface area contributed by atoms with Gasteiger partial charge in [-0.25, -0.2) is 0 Å². The van der Waals surface area contributed by atoms with Crippen molar-refractivity contribution >= 4 is 21.8 Å². The van der Waals surface area contributed by atoms with Crippen LogP contribution in [0, 0.1) is 6.92 Å². The van der Waals surface area contributed by atoms with E-state index in [-0.39, 0.29) is 18.8 Å². The van der Waals surface area contributed by atoms with E-state index in [2.05, 4.69) is 15.9 Å². The number of halogens is 4. The van der Waals surface area contributed by atoms with Gasteiger partial charge in [0, 0.05) is 13.1 Å². The summed E-state index contributed by atoms with van der Waals surface area (Å²) in [6.45, 7) is 1.76. The van der Waals surface area contributed by atoms with E-state index < -0.39 is 12.1 Å². The molecule has 0 bridgehead atoms. The molecule has 0 aromatic heterocycles. The zero-order chi connectivity index (χ0) is 15.1. The number of nitrogens with zero attached hydrogens (tertiary/aromatic N) is 1. The number of alkyl halides is 3. The molecule has 0 aliphatic carbocycles. The third-order valence-corrected chi connectivity index (χ3v) is 4.14. The lowest BCUT2D eigenvalue weighted by Crippen LogP contribution is -2.42. The fourth-order valence-corrected chi connectivity index (χ4v) is 3.01. The minimum atomic E-state index is -4.84. The van der Waals surface area contributed by atoms with Crippen LogP contribution in [0.1, 0.15) is 16.7 Å². The standard InChI is InChI=1S/C13H13BrF3NO2/c1-7-9-3-5-18(12(20)13(15,16)17)4-2-8(9)6-10(14)11(7)19/h6,19H,2-5H2,1H3. The normalized spacial score (nSPS) is 15.8. The number of carbonyl (C=O) groups is 1. The molecular weight excluding hydrogens is 339 g/mol. The molecule has 7 heteroatoms. The van der Waals surface area contributed by atoms with Crippen LogP contribution in [-0.4, -0.2) is 35.2 Å². The number of phenolic OH excluding ortho intramolecular Hbond substituents is 1. The predicted octanol–water partition coefficient (Wildman–Crippen LogP) is 2.95. The Hall–Kier alpha value is -1.24. The first-order valence-corrected chi connectivity index (χ1v) is 6.87. The first-order chi connectivity index (χ1) is 9.21. The van der Waals surface area contributed by atoms with Gasteiger partial charge in [-0.2, -0.15) is 13.2 Å². The minimum Gasteiger partial charge on any atom is -0.506 e. The van der Waals surface area contributed by atoms with Crippen molar-refractivity contribution in [2.45, 2.75) is 25.9 Å². The van der Waals surface area contributed by atoms with Gasteiger partial charge in [0.1, 0.15) is 5.75 Å². The van der Waals surface area contributed by atoms with Crippen LogP contribution < -0.4 is 0 Å². The lowest BCUT2D eigenvalue weighted by molar-refractivity contribution is -0.185. The molecule has 0 saturated heterocycles. The largest absolute Gasteiger partial charge is 0.506 e. The number of benzene rings is 1. The molecule has 0 radical (unpaired) electrons. The summed E-state index contributed by atoms with van der Waals surface area (Å²) < 4.78 is 37.9. The Bertz CT molecular complexity index is 558. The van der Waals surface area contributed by atoms with Crippen molar-refractivity contribution in [2.24, 2.45) is 0 Å². The average Bonchev–Trinajstić information content (AvgIpc) is 2.56. The van der Waals surface area contributed by atoms with E-state index in [0.29, 0.717) is 22.9 Å². The molecule has 0 fully saturated rings. The zero-order valence-electron chi connectivity index (χ0n) is 10.7. The highest BCUT2D eigenvalue weighted by Gasteiger charge is 2.42. The average molecular weight is 352 g/mol. The monoisotopic (exact) mass is 351 g/mol. The molecule has 1 aromatic rings. The number of hydrogen-bond acceptors (Lipinski definition) is 2. The number of fused-ring (bicyclic) bond motifs is 1. The fraction of sp³-hybridized carbons (Fsp3) is 0.462. The van der Waals surface area contributed by atoms with E-state index in [1.165, 1.54) is 0 Å². The van der Waals surface area contributed by atoms with E-state index in [0.717, 1.165) is 16.0 Å². The summed E-state index contributed by atoms with van der Waals surface area (Å²) >= 11 is 3.22. The van der Waals surface area contributed by atoms with Crippen LogP contribution >= 0.6 is 15.9 Å². The molecule has 20 heavy (non-hydrogen) atoms. The van der Waals surface area contributed by atoms with Crippen LogP contribution in [0.15, 0.2) is 10.5 Å². The van der Waals surface area contributed by atoms with Gasteiger partial charge in [-0.3, -0.25) is 4.79 Å². The van der Waals surface area contributed by atoms with E-state index in [4.69, 9.17) is 0 Å². The lowest BCUT2D eigenvalue weighted by atomic mass is 9.97. The molecular formula is C13H13BrF3NO2. The van der Waals surface area contributed by atoms with Gasteiger partial charge in [0.15, 0.2) is 0 Å². The number of rotatable bonds is 0. The summed E-state index contributed by atoms with van der Waals surface area (Å²) in [5.41, 5.74) is 2.34. The van der Waals surface area contributed by atoms with Gasteiger partial charge in [-0.15, -0.1) is 0 Å². The highest BCUT2D eigenvalue weighted by Crippen LogP contribution is 2.34. The lowest BCUT2D eigenvalue weighted by Gasteiger charge is -2.21. The van der Waals surface area contributed by atoms with Crippen LogP contribution in [0.4, 0.5) is 13.2 Å². The highest BCUT2D eigenvalue weighted by atomic mass is 79.9. The Balaban J connectivity index is 2.28. The highest BCUT2D eigenvalue weighted by molar-refractivity contribution is 9.10. The van der Waals surface area contributed by atoms with E-state index in [1.807, 2.05) is 0 Å². The quantitative estimate of drug-likeness (QED) is 0.780. The van der Waals surface area contributed by atoms with Gasteiger partial charge < -0.3 is 10.0 Å². The molecule has 1 amide bonds. The third-order valence-electron chi connectivity index (χ3n) is 3.54. The number of aromatic hydroxyl groups is 1. The molecule has 2 rings (SSSR count). The second-order valence-electron chi connectivity index (χ2n) is 4.76. The molecule has 1 aromatic carbocycles. The van der Waals surface area contributed by atoms with E-state index in [9.17, 15) is 23.1 Å². The predicted molar refractivity (Wildman–Crippen MR) is 70.6 cm³/mol. The summed E-state index contributed by atoms with van der Waals surface area (Å²) in [6.07, 6.45) is -4.19. The number of phenols is 1. The summed E-state index contributed by atoms with van der Waals surface area (Å²) in [4.78, 5) is 12.1. The van der Waals surface area contributed by atoms with Crippen molar-refractivity contribution in [1.29, 1.82) is 0 Å². The van der Waals surface area contributed by atoms with Crippen molar-refractivity contribution in [1.82, 2.24) is 4.90 Å². The van der Waals surface area contributed by atoms with E-state index in [1.54, 1.807) is 13.0 Å². The molecule has 3 nitrogen and oxygen atoms in total.